The van der Waals surface area contributed by atoms with Gasteiger partial charge in [-0.15, -0.1) is 0 Å². The van der Waals surface area contributed by atoms with E-state index in [4.69, 9.17) is 56.8 Å². The minimum Gasteiger partial charge on any atom is -0.491 e. The predicted octanol–water partition coefficient (Wildman–Crippen LogP) is 8.62. The lowest BCUT2D eigenvalue weighted by molar-refractivity contribution is -0.00706. The third-order valence-electron chi connectivity index (χ3n) is 12.0. The predicted molar refractivity (Wildman–Crippen MR) is 259 cm³/mol. The topological polar surface area (TPSA) is 111 Å². The minimum atomic E-state index is 0.334. The van der Waals surface area contributed by atoms with Crippen LogP contribution in [0.4, 0.5) is 0 Å². The van der Waals surface area contributed by atoms with Gasteiger partial charge in [-0.25, -0.2) is 0 Å². The van der Waals surface area contributed by atoms with Gasteiger partial charge >= 0.3 is 0 Å². The Hall–Kier alpha value is -5.86. The summed E-state index contributed by atoms with van der Waals surface area (Å²) in [4.78, 5) is 0. The van der Waals surface area contributed by atoms with Gasteiger partial charge in [-0.3, -0.25) is 0 Å². The second-order valence-electron chi connectivity index (χ2n) is 16.7. The molecule has 12 nitrogen and oxygen atoms in total. The van der Waals surface area contributed by atoms with E-state index in [1.807, 2.05) is 24.3 Å². The molecule has 12 bridgehead atoms. The molecule has 0 N–H and O–H groups in total. The summed E-state index contributed by atoms with van der Waals surface area (Å²) < 4.78 is 75.5. The molecule has 3 aliphatic heterocycles. The van der Waals surface area contributed by atoms with E-state index in [1.165, 1.54) is 0 Å². The minimum absolute atomic E-state index is 0.334. The summed E-state index contributed by atoms with van der Waals surface area (Å²) in [5.41, 5.74) is 8.30. The zero-order chi connectivity index (χ0) is 46.0. The smallest absolute Gasteiger partial charge is 0.161 e. The molecular formula is C56H62O12. The van der Waals surface area contributed by atoms with Gasteiger partial charge in [-0.2, -0.15) is 0 Å². The highest BCUT2D eigenvalue weighted by Gasteiger charge is 2.22. The first kappa shape index (κ1) is 47.2. The molecule has 6 aromatic carbocycles. The van der Waals surface area contributed by atoms with Crippen LogP contribution in [0.3, 0.4) is 0 Å². The normalized spacial score (nSPS) is 17.6. The molecule has 0 atom stereocenters. The Labute approximate surface area is 399 Å². The van der Waals surface area contributed by atoms with Crippen LogP contribution in [0.5, 0.6) is 34.5 Å². The number of benzene rings is 6. The van der Waals surface area contributed by atoms with Crippen molar-refractivity contribution >= 4 is 10.8 Å². The highest BCUT2D eigenvalue weighted by atomic mass is 16.6. The highest BCUT2D eigenvalue weighted by molar-refractivity contribution is 5.86. The molecule has 358 valence electrons. The summed E-state index contributed by atoms with van der Waals surface area (Å²) >= 11 is 0. The third kappa shape index (κ3) is 12.8. The molecule has 12 heteroatoms. The van der Waals surface area contributed by atoms with Crippen molar-refractivity contribution < 1.29 is 56.8 Å². The maximum atomic E-state index is 6.81. The Morgan fingerprint density at radius 2 is 0.441 bits per heavy atom. The lowest BCUT2D eigenvalue weighted by Gasteiger charge is -2.23. The summed E-state index contributed by atoms with van der Waals surface area (Å²) in [6.45, 7) is 7.11. The van der Waals surface area contributed by atoms with Crippen molar-refractivity contribution in [1.82, 2.24) is 0 Å². The molecule has 0 aromatic heterocycles. The quantitative estimate of drug-likeness (QED) is 0.136. The third-order valence-corrected chi connectivity index (χ3v) is 12.0. The van der Waals surface area contributed by atoms with E-state index < -0.39 is 0 Å². The van der Waals surface area contributed by atoms with Crippen LogP contribution < -0.4 is 28.4 Å². The molecule has 0 fully saturated rings. The van der Waals surface area contributed by atoms with Gasteiger partial charge in [0.1, 0.15) is 62.6 Å². The number of rotatable bonds is 0. The first-order valence-electron chi connectivity index (χ1n) is 24.0. The van der Waals surface area contributed by atoms with Crippen LogP contribution in [0, 0.1) is 0 Å². The van der Waals surface area contributed by atoms with Gasteiger partial charge in [0.2, 0.25) is 0 Å². The van der Waals surface area contributed by atoms with E-state index in [-0.39, 0.29) is 0 Å². The van der Waals surface area contributed by atoms with Gasteiger partial charge in [-0.05, 0) is 67.4 Å². The largest absolute Gasteiger partial charge is 0.491 e. The molecule has 6 aromatic rings. The average Bonchev–Trinajstić information content (AvgIpc) is 3.35. The molecule has 0 spiro atoms. The van der Waals surface area contributed by atoms with Crippen molar-refractivity contribution in [3.05, 3.63) is 154 Å². The number of hydrogen-bond donors (Lipinski definition) is 0. The fourth-order valence-corrected chi connectivity index (χ4v) is 8.85. The van der Waals surface area contributed by atoms with E-state index in [1.54, 1.807) is 0 Å². The zero-order valence-corrected chi connectivity index (χ0v) is 38.8. The molecule has 1 aliphatic carbocycles. The zero-order valence-electron chi connectivity index (χ0n) is 38.8. The fraction of sp³-hybridized carbons (Fsp3) is 0.393. The van der Waals surface area contributed by atoms with Crippen molar-refractivity contribution in [2.45, 2.75) is 25.7 Å². The summed E-state index contributed by atoms with van der Waals surface area (Å²) in [6.07, 6.45) is 2.26. The van der Waals surface area contributed by atoms with Gasteiger partial charge in [0.25, 0.3) is 0 Å². The molecular weight excluding hydrogens is 865 g/mol. The molecule has 0 saturated heterocycles. The van der Waals surface area contributed by atoms with Gasteiger partial charge < -0.3 is 56.8 Å². The molecule has 0 radical (unpaired) electrons. The van der Waals surface area contributed by atoms with Crippen LogP contribution in [-0.2, 0) is 54.1 Å². The summed E-state index contributed by atoms with van der Waals surface area (Å²) in [5, 5.41) is 2.13. The maximum Gasteiger partial charge on any atom is 0.161 e. The average molecular weight is 927 g/mol. The lowest BCUT2D eigenvalue weighted by atomic mass is 9.91. The maximum absolute atomic E-state index is 6.81. The van der Waals surface area contributed by atoms with Crippen LogP contribution in [0.25, 0.3) is 10.8 Å². The Balaban J connectivity index is 1.10. The van der Waals surface area contributed by atoms with Crippen LogP contribution in [0.2, 0.25) is 0 Å². The number of fused-ring (bicyclic) bond motifs is 13. The Morgan fingerprint density at radius 3 is 0.691 bits per heavy atom. The molecule has 0 saturated carbocycles. The Kier molecular flexibility index (Phi) is 17.3. The summed E-state index contributed by atoms with van der Waals surface area (Å²) in [7, 11) is 0. The number of hydrogen-bond acceptors (Lipinski definition) is 12. The molecule has 3 heterocycles. The van der Waals surface area contributed by atoms with Crippen LogP contribution >= 0.6 is 0 Å². The Bertz CT molecular complexity index is 2280. The van der Waals surface area contributed by atoms with Crippen LogP contribution in [0.15, 0.2) is 109 Å². The van der Waals surface area contributed by atoms with Crippen molar-refractivity contribution in [2.75, 3.05) is 119 Å². The molecule has 10 rings (SSSR count). The van der Waals surface area contributed by atoms with Gasteiger partial charge in [0, 0.05) is 25.7 Å². The van der Waals surface area contributed by atoms with E-state index in [9.17, 15) is 0 Å². The second kappa shape index (κ2) is 25.0. The van der Waals surface area contributed by atoms with E-state index >= 15 is 0 Å². The van der Waals surface area contributed by atoms with Crippen molar-refractivity contribution in [3.8, 4) is 34.5 Å². The van der Waals surface area contributed by atoms with Gasteiger partial charge in [0.05, 0.1) is 79.3 Å². The van der Waals surface area contributed by atoms with Crippen molar-refractivity contribution in [1.29, 1.82) is 0 Å². The standard InChI is InChI=1S/C56H62O12/c1-2-8-42-40-52-51(39-41(42)7-1)63-29-23-61-27-33-67-55-47-13-5-14-48(55)36-44-10-4-12-46-38-50-16-6-15-49(56(50)68-34-28-62-24-30-64-52)37-45-11-3-9-43(35-47)53(45)65-31-25-59-21-19-57-17-18-58-20-22-60-26-32-66-54(44)46/h1-16,39-40H,17-38H2. The molecule has 0 unspecified atom stereocenters. The van der Waals surface area contributed by atoms with Crippen molar-refractivity contribution in [2.24, 2.45) is 0 Å². The number of para-hydroxylation sites is 4. The summed E-state index contributed by atoms with van der Waals surface area (Å²) in [5.74, 6) is 4.59. The first-order valence-corrected chi connectivity index (χ1v) is 24.0. The van der Waals surface area contributed by atoms with E-state index in [0.29, 0.717) is 156 Å². The van der Waals surface area contributed by atoms with E-state index in [0.717, 1.165) is 78.3 Å². The Morgan fingerprint density at radius 1 is 0.221 bits per heavy atom. The SMILES string of the molecule is c1cc2c3c(c1)Cc1cccc4c1OCCOCCOc1cc5ccccc5cc1OCCOCCOc1c(cccc1Cc1cccc(c1OCCOCCOCCOCCOCCO3)C4)C2. The van der Waals surface area contributed by atoms with Gasteiger partial charge in [0.15, 0.2) is 11.5 Å². The van der Waals surface area contributed by atoms with Gasteiger partial charge in [-0.1, -0.05) is 97.1 Å². The lowest BCUT2D eigenvalue weighted by Crippen LogP contribution is -2.15. The number of ether oxygens (including phenoxy) is 12. The van der Waals surface area contributed by atoms with E-state index in [2.05, 4.69) is 84.9 Å². The fourth-order valence-electron chi connectivity index (χ4n) is 8.85. The monoisotopic (exact) mass is 926 g/mol. The van der Waals surface area contributed by atoms with Crippen LogP contribution in [-0.4, -0.2) is 119 Å². The molecule has 0 amide bonds. The highest BCUT2D eigenvalue weighted by Crippen LogP contribution is 2.39. The van der Waals surface area contributed by atoms with Crippen molar-refractivity contribution in [3.63, 3.8) is 0 Å². The molecule has 4 aliphatic rings. The molecule has 68 heavy (non-hydrogen) atoms. The second-order valence-corrected chi connectivity index (χ2v) is 16.7. The summed E-state index contributed by atoms with van der Waals surface area (Å²) in [6, 6.07) is 37.8. The van der Waals surface area contributed by atoms with Crippen LogP contribution in [0.1, 0.15) is 44.5 Å². The first-order chi connectivity index (χ1) is 33.8.